The maximum Gasteiger partial charge on any atom is 0.238 e. The average molecular weight is 381 g/mol. The van der Waals surface area contributed by atoms with E-state index in [0.29, 0.717) is 21.2 Å². The van der Waals surface area contributed by atoms with Crippen LogP contribution in [0.5, 0.6) is 0 Å². The first kappa shape index (κ1) is 17.1. The van der Waals surface area contributed by atoms with Gasteiger partial charge in [0.05, 0.1) is 24.0 Å². The normalized spacial score (nSPS) is 12.3. The van der Waals surface area contributed by atoms with Crippen LogP contribution >= 0.6 is 34.9 Å². The molecule has 1 atom stereocenters. The van der Waals surface area contributed by atoms with Crippen LogP contribution in [0.4, 0.5) is 5.69 Å². The molecule has 1 heterocycles. The van der Waals surface area contributed by atoms with Gasteiger partial charge in [-0.1, -0.05) is 35.3 Å². The van der Waals surface area contributed by atoms with Crippen molar-refractivity contribution in [3.8, 4) is 0 Å². The van der Waals surface area contributed by atoms with Crippen LogP contribution in [0.2, 0.25) is 10.0 Å². The lowest BCUT2D eigenvalue weighted by molar-refractivity contribution is -0.115. The van der Waals surface area contributed by atoms with Gasteiger partial charge in [-0.05, 0) is 36.8 Å². The number of hydrogen-bond acceptors (Lipinski definition) is 5. The zero-order valence-electron chi connectivity index (χ0n) is 12.7. The van der Waals surface area contributed by atoms with E-state index in [1.807, 2.05) is 25.1 Å². The first-order valence-electron chi connectivity index (χ1n) is 7.24. The fraction of sp³-hybridized carbons (Fsp3) is 0.188. The summed E-state index contributed by atoms with van der Waals surface area (Å²) < 4.78 is 8.36. The minimum absolute atomic E-state index is 0.0859. The van der Waals surface area contributed by atoms with Crippen molar-refractivity contribution in [2.45, 2.75) is 13.0 Å². The summed E-state index contributed by atoms with van der Waals surface area (Å²) in [5.74, 6) is -0.160. The summed E-state index contributed by atoms with van der Waals surface area (Å²) in [5.41, 5.74) is 3.02. The van der Waals surface area contributed by atoms with E-state index < -0.39 is 0 Å². The van der Waals surface area contributed by atoms with E-state index >= 15 is 0 Å². The molecule has 3 rings (SSSR count). The van der Waals surface area contributed by atoms with Gasteiger partial charge in [0, 0.05) is 16.1 Å². The van der Waals surface area contributed by atoms with Crippen molar-refractivity contribution in [2.75, 3.05) is 11.9 Å². The van der Waals surface area contributed by atoms with Gasteiger partial charge in [-0.2, -0.15) is 8.75 Å². The molecule has 0 spiro atoms. The average Bonchev–Trinajstić information content (AvgIpc) is 3.02. The Morgan fingerprint density at radius 1 is 1.25 bits per heavy atom. The molecule has 0 fully saturated rings. The topological polar surface area (TPSA) is 66.9 Å². The van der Waals surface area contributed by atoms with Crippen LogP contribution in [-0.2, 0) is 4.79 Å². The molecule has 2 N–H and O–H groups in total. The van der Waals surface area contributed by atoms with Gasteiger partial charge in [-0.25, -0.2) is 0 Å². The summed E-state index contributed by atoms with van der Waals surface area (Å²) in [5, 5.41) is 7.15. The van der Waals surface area contributed by atoms with Gasteiger partial charge in [-0.3, -0.25) is 4.79 Å². The first-order valence-corrected chi connectivity index (χ1v) is 8.72. The molecule has 1 amide bonds. The number of fused-ring (bicyclic) bond motifs is 1. The molecule has 0 radical (unpaired) electrons. The number of nitrogens with one attached hydrogen (secondary N) is 2. The molecule has 5 nitrogen and oxygen atoms in total. The second-order valence-electron chi connectivity index (χ2n) is 5.25. The van der Waals surface area contributed by atoms with Gasteiger partial charge < -0.3 is 10.6 Å². The molecular weight excluding hydrogens is 367 g/mol. The number of carbonyl (C=O) groups excluding carboxylic acids is 1. The van der Waals surface area contributed by atoms with Gasteiger partial charge in [0.2, 0.25) is 5.91 Å². The Morgan fingerprint density at radius 3 is 2.88 bits per heavy atom. The summed E-state index contributed by atoms with van der Waals surface area (Å²) >= 11 is 13.2. The van der Waals surface area contributed by atoms with Crippen molar-refractivity contribution in [3.05, 3.63) is 52.0 Å². The van der Waals surface area contributed by atoms with Crippen molar-refractivity contribution in [2.24, 2.45) is 0 Å². The number of nitrogens with zero attached hydrogens (tertiary/aromatic N) is 2. The fourth-order valence-corrected chi connectivity index (χ4v) is 3.43. The molecule has 8 heteroatoms. The first-order chi connectivity index (χ1) is 11.5. The molecule has 0 saturated heterocycles. The van der Waals surface area contributed by atoms with Crippen LogP contribution < -0.4 is 10.6 Å². The summed E-state index contributed by atoms with van der Waals surface area (Å²) in [4.78, 5) is 12.2. The maximum absolute atomic E-state index is 12.2. The number of amides is 1. The molecule has 0 aliphatic heterocycles. The maximum atomic E-state index is 12.2. The van der Waals surface area contributed by atoms with E-state index in [1.54, 1.807) is 18.2 Å². The number of halogens is 2. The Kier molecular flexibility index (Phi) is 5.30. The van der Waals surface area contributed by atoms with E-state index in [1.165, 1.54) is 0 Å². The predicted octanol–water partition coefficient (Wildman–Crippen LogP) is 4.29. The molecule has 1 unspecified atom stereocenters. The second-order valence-corrected chi connectivity index (χ2v) is 6.63. The highest BCUT2D eigenvalue weighted by atomic mass is 35.5. The van der Waals surface area contributed by atoms with E-state index in [2.05, 4.69) is 19.4 Å². The Balaban J connectivity index is 1.62. The molecule has 0 saturated carbocycles. The standard InChI is InChI=1S/C16H14Cl2N4OS/c1-9(11-6-5-10(17)7-12(11)18)19-8-15(23)20-13-3-2-4-14-16(13)22-24-21-14/h2-7,9,19H,8H2,1H3,(H,20,23). The van der Waals surface area contributed by atoms with Crippen molar-refractivity contribution in [1.82, 2.24) is 14.1 Å². The number of anilines is 1. The lowest BCUT2D eigenvalue weighted by atomic mass is 10.1. The molecule has 3 aromatic rings. The van der Waals surface area contributed by atoms with E-state index in [9.17, 15) is 4.79 Å². The van der Waals surface area contributed by atoms with E-state index in [0.717, 1.165) is 22.8 Å². The van der Waals surface area contributed by atoms with Crippen LogP contribution in [0.1, 0.15) is 18.5 Å². The minimum atomic E-state index is -0.160. The Labute approximate surface area is 153 Å². The lowest BCUT2D eigenvalue weighted by Crippen LogP contribution is -2.30. The van der Waals surface area contributed by atoms with Gasteiger partial charge in [-0.15, -0.1) is 0 Å². The van der Waals surface area contributed by atoms with E-state index in [4.69, 9.17) is 23.2 Å². The molecule has 24 heavy (non-hydrogen) atoms. The number of benzene rings is 2. The molecule has 124 valence electrons. The van der Waals surface area contributed by atoms with Crippen LogP contribution in [0.25, 0.3) is 11.0 Å². The third kappa shape index (κ3) is 3.84. The van der Waals surface area contributed by atoms with Crippen LogP contribution in [-0.4, -0.2) is 21.2 Å². The fourth-order valence-electron chi connectivity index (χ4n) is 2.31. The Hall–Kier alpha value is -1.73. The lowest BCUT2D eigenvalue weighted by Gasteiger charge is -2.16. The minimum Gasteiger partial charge on any atom is -0.323 e. The van der Waals surface area contributed by atoms with Gasteiger partial charge >= 0.3 is 0 Å². The molecule has 0 aliphatic rings. The number of hydrogen-bond donors (Lipinski definition) is 2. The summed E-state index contributed by atoms with van der Waals surface area (Å²) in [6.45, 7) is 2.08. The molecule has 0 aliphatic carbocycles. The molecule has 1 aromatic heterocycles. The van der Waals surface area contributed by atoms with Crippen molar-refractivity contribution >= 4 is 57.6 Å². The third-order valence-electron chi connectivity index (χ3n) is 3.56. The third-order valence-corrected chi connectivity index (χ3v) is 4.66. The highest BCUT2D eigenvalue weighted by molar-refractivity contribution is 7.00. The largest absolute Gasteiger partial charge is 0.323 e. The predicted molar refractivity (Wildman–Crippen MR) is 98.9 cm³/mol. The van der Waals surface area contributed by atoms with Crippen LogP contribution in [0.3, 0.4) is 0 Å². The molecular formula is C16H14Cl2N4OS. The SMILES string of the molecule is CC(NCC(=O)Nc1cccc2nsnc12)c1ccc(Cl)cc1Cl. The summed E-state index contributed by atoms with van der Waals surface area (Å²) in [7, 11) is 0. The zero-order valence-corrected chi connectivity index (χ0v) is 15.0. The Morgan fingerprint density at radius 2 is 2.08 bits per heavy atom. The highest BCUT2D eigenvalue weighted by Gasteiger charge is 2.13. The van der Waals surface area contributed by atoms with Crippen molar-refractivity contribution < 1.29 is 4.79 Å². The number of rotatable bonds is 5. The summed E-state index contributed by atoms with van der Waals surface area (Å²) in [6, 6.07) is 10.7. The van der Waals surface area contributed by atoms with E-state index in [-0.39, 0.29) is 18.5 Å². The van der Waals surface area contributed by atoms with Gasteiger partial charge in [0.25, 0.3) is 0 Å². The summed E-state index contributed by atoms with van der Waals surface area (Å²) in [6.07, 6.45) is 0. The quantitative estimate of drug-likeness (QED) is 0.692. The highest BCUT2D eigenvalue weighted by Crippen LogP contribution is 2.26. The molecule has 0 bridgehead atoms. The number of carbonyl (C=O) groups is 1. The Bertz CT molecular complexity index is 883. The van der Waals surface area contributed by atoms with Crippen LogP contribution in [0.15, 0.2) is 36.4 Å². The van der Waals surface area contributed by atoms with Gasteiger partial charge in [0.15, 0.2) is 0 Å². The second kappa shape index (κ2) is 7.44. The molecule has 2 aromatic carbocycles. The smallest absolute Gasteiger partial charge is 0.238 e. The monoisotopic (exact) mass is 380 g/mol. The van der Waals surface area contributed by atoms with Crippen molar-refractivity contribution in [1.29, 1.82) is 0 Å². The van der Waals surface area contributed by atoms with Gasteiger partial charge in [0.1, 0.15) is 11.0 Å². The van der Waals surface area contributed by atoms with Crippen molar-refractivity contribution in [3.63, 3.8) is 0 Å². The number of aromatic nitrogens is 2. The zero-order chi connectivity index (χ0) is 17.1. The van der Waals surface area contributed by atoms with Crippen LogP contribution in [0, 0.1) is 0 Å².